The van der Waals surface area contributed by atoms with E-state index in [2.05, 4.69) is 43.1 Å². The van der Waals surface area contributed by atoms with Crippen molar-refractivity contribution in [3.8, 4) is 22.4 Å². The smallest absolute Gasteiger partial charge is 0.166 e. The molecule has 0 amide bonds. The Kier molecular flexibility index (Phi) is 5.51. The molecular formula is C26H25N9. The van der Waals surface area contributed by atoms with Crippen molar-refractivity contribution in [2.75, 3.05) is 36.8 Å². The Labute approximate surface area is 202 Å². The minimum atomic E-state index is 0.407. The zero-order valence-corrected chi connectivity index (χ0v) is 19.2. The molecule has 0 aromatic carbocycles. The van der Waals surface area contributed by atoms with Gasteiger partial charge in [0.25, 0.3) is 0 Å². The molecule has 1 aliphatic rings. The standard InChI is InChI=1S/C26H25N9/c27-24-23(22-5-1-2-8-29-22)26-31-16-20(18-35(26)32-24)21-4-3-9-30-25(21)34-14-12-33(13-15-34)17-19-6-10-28-11-7-19/h1-11,16,18H,12-15,17H2,(H2,27,32). The number of nitrogen functional groups attached to an aromatic ring is 1. The molecule has 0 radical (unpaired) electrons. The molecule has 1 fully saturated rings. The summed E-state index contributed by atoms with van der Waals surface area (Å²) < 4.78 is 1.73. The van der Waals surface area contributed by atoms with Crippen LogP contribution in [-0.4, -0.2) is 60.6 Å². The molecule has 9 nitrogen and oxygen atoms in total. The molecule has 174 valence electrons. The van der Waals surface area contributed by atoms with E-state index in [4.69, 9.17) is 15.7 Å². The Balaban J connectivity index is 1.26. The van der Waals surface area contributed by atoms with Gasteiger partial charge in [-0.1, -0.05) is 6.07 Å². The molecule has 0 spiro atoms. The molecule has 2 N–H and O–H groups in total. The van der Waals surface area contributed by atoms with Gasteiger partial charge in [-0.2, -0.15) is 0 Å². The van der Waals surface area contributed by atoms with E-state index in [1.165, 1.54) is 5.56 Å². The highest BCUT2D eigenvalue weighted by Crippen LogP contribution is 2.32. The van der Waals surface area contributed by atoms with E-state index in [0.717, 1.165) is 60.9 Å². The predicted octanol–water partition coefficient (Wildman–Crippen LogP) is 3.15. The minimum Gasteiger partial charge on any atom is -0.382 e. The van der Waals surface area contributed by atoms with Crippen molar-refractivity contribution in [2.45, 2.75) is 6.54 Å². The number of nitrogens with zero attached hydrogens (tertiary/aromatic N) is 8. The van der Waals surface area contributed by atoms with Gasteiger partial charge in [-0.3, -0.25) is 14.9 Å². The first-order chi connectivity index (χ1) is 17.3. The van der Waals surface area contributed by atoms with Crippen molar-refractivity contribution in [1.29, 1.82) is 0 Å². The second kappa shape index (κ2) is 9.11. The van der Waals surface area contributed by atoms with Crippen LogP contribution in [0, 0.1) is 0 Å². The second-order valence-corrected chi connectivity index (χ2v) is 8.58. The average Bonchev–Trinajstić information content (AvgIpc) is 3.25. The zero-order chi connectivity index (χ0) is 23.6. The molecular weight excluding hydrogens is 438 g/mol. The molecule has 0 atom stereocenters. The van der Waals surface area contributed by atoms with Gasteiger partial charge < -0.3 is 10.6 Å². The fourth-order valence-electron chi connectivity index (χ4n) is 4.59. The van der Waals surface area contributed by atoms with Crippen molar-refractivity contribution in [2.24, 2.45) is 0 Å². The zero-order valence-electron chi connectivity index (χ0n) is 19.2. The summed E-state index contributed by atoms with van der Waals surface area (Å²) in [5.41, 5.74) is 11.7. The number of hydrogen-bond acceptors (Lipinski definition) is 8. The minimum absolute atomic E-state index is 0.407. The van der Waals surface area contributed by atoms with Crippen LogP contribution in [0.4, 0.5) is 11.6 Å². The Hall–Kier alpha value is -4.37. The van der Waals surface area contributed by atoms with Gasteiger partial charge in [0.15, 0.2) is 11.5 Å². The summed E-state index contributed by atoms with van der Waals surface area (Å²) in [6.07, 6.45) is 11.1. The van der Waals surface area contributed by atoms with Gasteiger partial charge in [0.2, 0.25) is 0 Å². The van der Waals surface area contributed by atoms with Crippen LogP contribution in [-0.2, 0) is 6.54 Å². The maximum Gasteiger partial charge on any atom is 0.166 e. The monoisotopic (exact) mass is 463 g/mol. The Morgan fingerprint density at radius 2 is 1.66 bits per heavy atom. The van der Waals surface area contributed by atoms with E-state index in [9.17, 15) is 0 Å². The molecule has 0 unspecified atom stereocenters. The van der Waals surface area contributed by atoms with E-state index < -0.39 is 0 Å². The third kappa shape index (κ3) is 4.17. The van der Waals surface area contributed by atoms with Crippen LogP contribution in [0.2, 0.25) is 0 Å². The van der Waals surface area contributed by atoms with E-state index >= 15 is 0 Å². The number of rotatable bonds is 5. The number of piperazine rings is 1. The van der Waals surface area contributed by atoms with Gasteiger partial charge in [0.05, 0.1) is 11.3 Å². The number of hydrogen-bond donors (Lipinski definition) is 1. The fourth-order valence-corrected chi connectivity index (χ4v) is 4.59. The summed E-state index contributed by atoms with van der Waals surface area (Å²) in [7, 11) is 0. The van der Waals surface area contributed by atoms with E-state index in [1.54, 1.807) is 10.7 Å². The van der Waals surface area contributed by atoms with E-state index in [0.29, 0.717) is 11.5 Å². The lowest BCUT2D eigenvalue weighted by Crippen LogP contribution is -2.46. The number of pyridine rings is 3. The molecule has 1 saturated heterocycles. The highest BCUT2D eigenvalue weighted by Gasteiger charge is 2.22. The first-order valence-electron chi connectivity index (χ1n) is 11.6. The Bertz CT molecular complexity index is 1440. The molecule has 0 saturated carbocycles. The average molecular weight is 464 g/mol. The molecule has 35 heavy (non-hydrogen) atoms. The topological polar surface area (TPSA) is 101 Å². The number of aromatic nitrogens is 6. The van der Waals surface area contributed by atoms with Crippen LogP contribution in [0.1, 0.15) is 5.56 Å². The summed E-state index contributed by atoms with van der Waals surface area (Å²) in [6, 6.07) is 13.9. The van der Waals surface area contributed by atoms with Gasteiger partial charge in [0, 0.05) is 81.0 Å². The summed E-state index contributed by atoms with van der Waals surface area (Å²) in [4.78, 5) is 22.8. The predicted molar refractivity (Wildman–Crippen MR) is 136 cm³/mol. The lowest BCUT2D eigenvalue weighted by Gasteiger charge is -2.36. The summed E-state index contributed by atoms with van der Waals surface area (Å²) in [6.45, 7) is 4.69. The van der Waals surface area contributed by atoms with Gasteiger partial charge in [-0.05, 0) is 42.0 Å². The fraction of sp³-hybridized carbons (Fsp3) is 0.192. The summed E-state index contributed by atoms with van der Waals surface area (Å²) >= 11 is 0. The van der Waals surface area contributed by atoms with Crippen LogP contribution >= 0.6 is 0 Å². The Morgan fingerprint density at radius 3 is 2.46 bits per heavy atom. The van der Waals surface area contributed by atoms with Crippen LogP contribution in [0.3, 0.4) is 0 Å². The summed E-state index contributed by atoms with van der Waals surface area (Å²) in [5, 5.41) is 4.51. The first kappa shape index (κ1) is 21.2. The quantitative estimate of drug-likeness (QED) is 0.424. The van der Waals surface area contributed by atoms with Crippen LogP contribution in [0.15, 0.2) is 79.6 Å². The summed E-state index contributed by atoms with van der Waals surface area (Å²) in [5.74, 6) is 1.37. The lowest BCUT2D eigenvalue weighted by atomic mass is 10.1. The normalized spacial score (nSPS) is 14.5. The molecule has 5 aromatic rings. The van der Waals surface area contributed by atoms with Crippen molar-refractivity contribution in [3.05, 3.63) is 85.2 Å². The molecule has 6 rings (SSSR count). The number of nitrogens with two attached hydrogens (primary N) is 1. The van der Waals surface area contributed by atoms with Gasteiger partial charge in [-0.15, -0.1) is 5.10 Å². The van der Waals surface area contributed by atoms with Crippen LogP contribution in [0.25, 0.3) is 28.0 Å². The molecule has 0 aliphatic carbocycles. The molecule has 9 heteroatoms. The van der Waals surface area contributed by atoms with Crippen LogP contribution < -0.4 is 10.6 Å². The first-order valence-corrected chi connectivity index (χ1v) is 11.6. The highest BCUT2D eigenvalue weighted by molar-refractivity contribution is 5.85. The maximum atomic E-state index is 6.25. The van der Waals surface area contributed by atoms with Gasteiger partial charge in [0.1, 0.15) is 5.82 Å². The largest absolute Gasteiger partial charge is 0.382 e. The third-order valence-corrected chi connectivity index (χ3v) is 6.35. The number of anilines is 2. The van der Waals surface area contributed by atoms with Gasteiger partial charge >= 0.3 is 0 Å². The van der Waals surface area contributed by atoms with Crippen molar-refractivity contribution < 1.29 is 0 Å². The van der Waals surface area contributed by atoms with E-state index in [-0.39, 0.29) is 0 Å². The van der Waals surface area contributed by atoms with Crippen molar-refractivity contribution in [3.63, 3.8) is 0 Å². The molecule has 0 bridgehead atoms. The Morgan fingerprint density at radius 1 is 0.829 bits per heavy atom. The second-order valence-electron chi connectivity index (χ2n) is 8.58. The number of fused-ring (bicyclic) bond motifs is 1. The van der Waals surface area contributed by atoms with Crippen LogP contribution in [0.5, 0.6) is 0 Å². The highest BCUT2D eigenvalue weighted by atomic mass is 15.3. The van der Waals surface area contributed by atoms with Crippen molar-refractivity contribution in [1.82, 2.24) is 34.4 Å². The molecule has 5 aromatic heterocycles. The molecule has 1 aliphatic heterocycles. The lowest BCUT2D eigenvalue weighted by molar-refractivity contribution is 0.249. The maximum absolute atomic E-state index is 6.25. The molecule has 6 heterocycles. The van der Waals surface area contributed by atoms with E-state index in [1.807, 2.05) is 55.2 Å². The van der Waals surface area contributed by atoms with Gasteiger partial charge in [-0.25, -0.2) is 14.5 Å². The SMILES string of the molecule is Nc1nn2cc(-c3cccnc3N3CCN(Cc4ccncc4)CC3)cnc2c1-c1ccccn1. The third-order valence-electron chi connectivity index (χ3n) is 6.35. The van der Waals surface area contributed by atoms with Crippen molar-refractivity contribution >= 4 is 17.3 Å².